The molecule has 0 spiro atoms. The highest BCUT2D eigenvalue weighted by atomic mass is 32.2. The number of nitrogens with zero attached hydrogens (tertiary/aromatic N) is 4. The minimum atomic E-state index is -3.86. The van der Waals surface area contributed by atoms with Crippen molar-refractivity contribution in [1.82, 2.24) is 24.6 Å². The van der Waals surface area contributed by atoms with Crippen LogP contribution in [0.2, 0.25) is 0 Å². The summed E-state index contributed by atoms with van der Waals surface area (Å²) in [5.41, 5.74) is 2.19. The Hall–Kier alpha value is -2.47. The molecule has 11 heteroatoms. The molecule has 1 aliphatic rings. The fourth-order valence-electron chi connectivity index (χ4n) is 3.93. The van der Waals surface area contributed by atoms with Crippen LogP contribution in [0.4, 0.5) is 0 Å². The molecule has 2 heterocycles. The van der Waals surface area contributed by atoms with Gasteiger partial charge in [0.05, 0.1) is 23.6 Å². The SMILES string of the molecule is COCCn1nnc2cc(S(=O)(=O)N3CCC[C@H]3C(=O)NCc3ccc(SC)cc3)ccc21. The van der Waals surface area contributed by atoms with Crippen molar-refractivity contribution in [3.63, 3.8) is 0 Å². The van der Waals surface area contributed by atoms with Gasteiger partial charge in [0.15, 0.2) is 0 Å². The van der Waals surface area contributed by atoms with E-state index in [1.807, 2.05) is 30.5 Å². The zero-order chi connectivity index (χ0) is 23.4. The van der Waals surface area contributed by atoms with E-state index in [1.165, 1.54) is 10.4 Å². The minimum Gasteiger partial charge on any atom is -0.383 e. The van der Waals surface area contributed by atoms with E-state index in [-0.39, 0.29) is 10.8 Å². The second-order valence-electron chi connectivity index (χ2n) is 7.80. The molecule has 1 amide bonds. The topological polar surface area (TPSA) is 106 Å². The quantitative estimate of drug-likeness (QED) is 0.460. The van der Waals surface area contributed by atoms with Gasteiger partial charge in [-0.1, -0.05) is 17.3 Å². The van der Waals surface area contributed by atoms with Gasteiger partial charge in [-0.05, 0) is 55.0 Å². The highest BCUT2D eigenvalue weighted by molar-refractivity contribution is 7.98. The predicted octanol–water partition coefficient (Wildman–Crippen LogP) is 2.27. The van der Waals surface area contributed by atoms with Gasteiger partial charge < -0.3 is 10.1 Å². The van der Waals surface area contributed by atoms with Crippen molar-refractivity contribution in [3.8, 4) is 0 Å². The molecule has 33 heavy (non-hydrogen) atoms. The first-order valence-electron chi connectivity index (χ1n) is 10.7. The Balaban J connectivity index is 1.48. The Morgan fingerprint density at radius 1 is 1.24 bits per heavy atom. The molecule has 2 aromatic carbocycles. The molecular formula is C22H27N5O4S2. The molecule has 1 aliphatic heterocycles. The van der Waals surface area contributed by atoms with Crippen LogP contribution in [-0.2, 0) is 32.6 Å². The number of rotatable bonds is 9. The van der Waals surface area contributed by atoms with Crippen LogP contribution >= 0.6 is 11.8 Å². The highest BCUT2D eigenvalue weighted by Gasteiger charge is 2.39. The number of thioether (sulfide) groups is 1. The zero-order valence-electron chi connectivity index (χ0n) is 18.6. The lowest BCUT2D eigenvalue weighted by molar-refractivity contribution is -0.124. The summed E-state index contributed by atoms with van der Waals surface area (Å²) in [5, 5.41) is 11.1. The number of fused-ring (bicyclic) bond motifs is 1. The number of amides is 1. The first-order chi connectivity index (χ1) is 15.9. The number of carbonyl (C=O) groups is 1. The summed E-state index contributed by atoms with van der Waals surface area (Å²) >= 11 is 1.65. The maximum atomic E-state index is 13.4. The number of hydrogen-bond acceptors (Lipinski definition) is 7. The maximum absolute atomic E-state index is 13.4. The third-order valence-corrected chi connectivity index (χ3v) is 8.38. The van der Waals surface area contributed by atoms with Gasteiger partial charge in [0, 0.05) is 25.1 Å². The lowest BCUT2D eigenvalue weighted by Crippen LogP contribution is -2.45. The van der Waals surface area contributed by atoms with Crippen LogP contribution in [0, 0.1) is 0 Å². The van der Waals surface area contributed by atoms with Crippen LogP contribution in [-0.4, -0.2) is 66.2 Å². The molecule has 3 aromatic rings. The molecular weight excluding hydrogens is 462 g/mol. The van der Waals surface area contributed by atoms with Crippen molar-refractivity contribution >= 4 is 38.7 Å². The van der Waals surface area contributed by atoms with Gasteiger partial charge in [-0.3, -0.25) is 4.79 Å². The summed E-state index contributed by atoms with van der Waals surface area (Å²) in [4.78, 5) is 14.1. The molecule has 1 atom stereocenters. The van der Waals surface area contributed by atoms with Gasteiger partial charge in [0.2, 0.25) is 15.9 Å². The fraction of sp³-hybridized carbons (Fsp3) is 0.409. The van der Waals surface area contributed by atoms with Crippen molar-refractivity contribution in [2.75, 3.05) is 26.5 Å². The van der Waals surface area contributed by atoms with Crippen molar-refractivity contribution in [2.45, 2.75) is 41.8 Å². The lowest BCUT2D eigenvalue weighted by Gasteiger charge is -2.23. The molecule has 176 valence electrons. The van der Waals surface area contributed by atoms with Gasteiger partial charge in [0.25, 0.3) is 0 Å². The van der Waals surface area contributed by atoms with Gasteiger partial charge in [-0.2, -0.15) is 4.31 Å². The Bertz CT molecular complexity index is 1230. The van der Waals surface area contributed by atoms with E-state index in [4.69, 9.17) is 4.74 Å². The van der Waals surface area contributed by atoms with Gasteiger partial charge in [-0.25, -0.2) is 13.1 Å². The predicted molar refractivity (Wildman–Crippen MR) is 126 cm³/mol. The molecule has 9 nitrogen and oxygen atoms in total. The van der Waals surface area contributed by atoms with Crippen LogP contribution in [0.15, 0.2) is 52.3 Å². The van der Waals surface area contributed by atoms with Crippen molar-refractivity contribution in [1.29, 1.82) is 0 Å². The van der Waals surface area contributed by atoms with E-state index in [1.54, 1.807) is 35.7 Å². The van der Waals surface area contributed by atoms with Crippen LogP contribution < -0.4 is 5.32 Å². The molecule has 1 saturated heterocycles. The monoisotopic (exact) mass is 489 g/mol. The maximum Gasteiger partial charge on any atom is 0.243 e. The second-order valence-corrected chi connectivity index (χ2v) is 10.6. The molecule has 0 aliphatic carbocycles. The number of methoxy groups -OCH3 is 1. The number of ether oxygens (including phenoxy) is 1. The van der Waals surface area contributed by atoms with Crippen LogP contribution in [0.25, 0.3) is 11.0 Å². The van der Waals surface area contributed by atoms with E-state index in [2.05, 4.69) is 15.6 Å². The Labute approximate surface area is 197 Å². The van der Waals surface area contributed by atoms with E-state index in [0.717, 1.165) is 16.0 Å². The molecule has 0 radical (unpaired) electrons. The molecule has 1 aromatic heterocycles. The normalized spacial score (nSPS) is 17.0. The van der Waals surface area contributed by atoms with Crippen LogP contribution in [0.1, 0.15) is 18.4 Å². The number of carbonyl (C=O) groups excluding carboxylic acids is 1. The first kappa shape index (κ1) is 23.7. The molecule has 0 bridgehead atoms. The van der Waals surface area contributed by atoms with Crippen molar-refractivity contribution in [2.24, 2.45) is 0 Å². The van der Waals surface area contributed by atoms with E-state index in [9.17, 15) is 13.2 Å². The van der Waals surface area contributed by atoms with Gasteiger partial charge >= 0.3 is 0 Å². The molecule has 4 rings (SSSR count). The third kappa shape index (κ3) is 5.06. The highest BCUT2D eigenvalue weighted by Crippen LogP contribution is 2.28. The summed E-state index contributed by atoms with van der Waals surface area (Å²) in [6.07, 6.45) is 3.13. The third-order valence-electron chi connectivity index (χ3n) is 5.73. The zero-order valence-corrected chi connectivity index (χ0v) is 20.2. The number of sulfonamides is 1. The number of aromatic nitrogens is 3. The van der Waals surface area contributed by atoms with E-state index < -0.39 is 16.1 Å². The fourth-order valence-corrected chi connectivity index (χ4v) is 6.02. The van der Waals surface area contributed by atoms with Gasteiger partial charge in [-0.15, -0.1) is 16.9 Å². The van der Waals surface area contributed by atoms with E-state index >= 15 is 0 Å². The molecule has 0 saturated carbocycles. The smallest absolute Gasteiger partial charge is 0.243 e. The lowest BCUT2D eigenvalue weighted by atomic mass is 10.2. The van der Waals surface area contributed by atoms with Gasteiger partial charge in [0.1, 0.15) is 11.6 Å². The molecule has 1 fully saturated rings. The number of benzene rings is 2. The second kappa shape index (κ2) is 10.2. The average Bonchev–Trinajstić information content (AvgIpc) is 3.49. The van der Waals surface area contributed by atoms with E-state index in [0.29, 0.717) is 44.6 Å². The Morgan fingerprint density at radius 2 is 2.03 bits per heavy atom. The average molecular weight is 490 g/mol. The summed E-state index contributed by atoms with van der Waals surface area (Å²) < 4.78 is 34.8. The number of hydrogen-bond donors (Lipinski definition) is 1. The van der Waals surface area contributed by atoms with Crippen molar-refractivity contribution < 1.29 is 17.9 Å². The minimum absolute atomic E-state index is 0.112. The largest absolute Gasteiger partial charge is 0.383 e. The van der Waals surface area contributed by atoms with Crippen LogP contribution in [0.5, 0.6) is 0 Å². The first-order valence-corrected chi connectivity index (χ1v) is 13.3. The molecule has 1 N–H and O–H groups in total. The summed E-state index contributed by atoms with van der Waals surface area (Å²) in [6, 6.07) is 12.0. The summed E-state index contributed by atoms with van der Waals surface area (Å²) in [5.74, 6) is -0.281. The van der Waals surface area contributed by atoms with Crippen molar-refractivity contribution in [3.05, 3.63) is 48.0 Å². The summed E-state index contributed by atoms with van der Waals surface area (Å²) in [7, 11) is -2.25. The molecule has 0 unspecified atom stereocenters. The summed E-state index contributed by atoms with van der Waals surface area (Å²) in [6.45, 7) is 1.66. The number of nitrogens with one attached hydrogen (secondary N) is 1. The standard InChI is InChI=1S/C22H27N5O4S2/c1-31-13-12-26-20-10-9-18(14-19(20)24-25-26)33(29,30)27-11-3-4-21(27)22(28)23-15-16-5-7-17(32-2)8-6-16/h5-10,14,21H,3-4,11-13,15H2,1-2H3,(H,23,28)/t21-/m0/s1. The Morgan fingerprint density at radius 3 is 2.76 bits per heavy atom. The Kier molecular flexibility index (Phi) is 7.32. The van der Waals surface area contributed by atoms with Crippen LogP contribution in [0.3, 0.4) is 0 Å².